The molecule has 0 saturated heterocycles. The van der Waals surface area contributed by atoms with E-state index in [0.29, 0.717) is 24.3 Å². The first-order valence-corrected chi connectivity index (χ1v) is 7.12. The van der Waals surface area contributed by atoms with Gasteiger partial charge in [0.2, 0.25) is 5.91 Å². The maximum absolute atomic E-state index is 12.2. The van der Waals surface area contributed by atoms with Crippen LogP contribution in [0, 0.1) is 0 Å². The molecule has 2 amide bonds. The molecule has 0 aliphatic carbocycles. The van der Waals surface area contributed by atoms with Crippen LogP contribution in [0.25, 0.3) is 0 Å². The molecule has 0 saturated carbocycles. The molecule has 0 unspecified atom stereocenters. The van der Waals surface area contributed by atoms with Crippen LogP contribution in [-0.4, -0.2) is 29.8 Å². The van der Waals surface area contributed by atoms with E-state index in [1.807, 2.05) is 26.8 Å². The lowest BCUT2D eigenvalue weighted by Gasteiger charge is -2.18. The van der Waals surface area contributed by atoms with Gasteiger partial charge in [0.1, 0.15) is 0 Å². The van der Waals surface area contributed by atoms with Crippen molar-refractivity contribution < 1.29 is 9.59 Å². The third-order valence-electron chi connectivity index (χ3n) is 2.98. The Bertz CT molecular complexity index is 543. The van der Waals surface area contributed by atoms with Crippen molar-refractivity contribution in [2.45, 2.75) is 20.8 Å². The maximum atomic E-state index is 12.2. The third kappa shape index (κ3) is 5.26. The number of nitrogens with one attached hydrogen (secondary N) is 1. The van der Waals surface area contributed by atoms with Crippen molar-refractivity contribution in [2.75, 3.05) is 18.4 Å². The Morgan fingerprint density at radius 3 is 2.52 bits per heavy atom. The number of carbonyl (C=O) groups excluding carboxylic acids is 2. The molecule has 4 heteroatoms. The summed E-state index contributed by atoms with van der Waals surface area (Å²) in [5, 5.41) is 2.74. The van der Waals surface area contributed by atoms with E-state index < -0.39 is 0 Å². The molecule has 1 rings (SSSR count). The maximum Gasteiger partial charge on any atom is 0.253 e. The van der Waals surface area contributed by atoms with Crippen LogP contribution in [0.5, 0.6) is 0 Å². The van der Waals surface area contributed by atoms with Crippen molar-refractivity contribution in [3.8, 4) is 0 Å². The smallest absolute Gasteiger partial charge is 0.253 e. The van der Waals surface area contributed by atoms with Gasteiger partial charge in [-0.3, -0.25) is 9.59 Å². The molecule has 1 N–H and O–H groups in total. The first-order valence-electron chi connectivity index (χ1n) is 7.12. The molecule has 0 aliphatic heterocycles. The largest absolute Gasteiger partial charge is 0.339 e. The number of allylic oxidation sites excluding steroid dienone is 3. The molecule has 1 aromatic carbocycles. The minimum absolute atomic E-state index is 0.0273. The molecule has 0 aliphatic rings. The summed E-state index contributed by atoms with van der Waals surface area (Å²) in [5.74, 6) is -0.249. The van der Waals surface area contributed by atoms with Crippen LogP contribution in [0.4, 0.5) is 5.69 Å². The van der Waals surface area contributed by atoms with Gasteiger partial charge in [-0.05, 0) is 39.0 Å². The lowest BCUT2D eigenvalue weighted by Crippen LogP contribution is -2.30. The minimum Gasteiger partial charge on any atom is -0.339 e. The minimum atomic E-state index is -0.222. The van der Waals surface area contributed by atoms with Crippen LogP contribution >= 0.6 is 0 Å². The zero-order valence-electron chi connectivity index (χ0n) is 12.8. The Labute approximate surface area is 126 Å². The summed E-state index contributed by atoms with van der Waals surface area (Å²) < 4.78 is 0. The number of benzene rings is 1. The molecule has 0 spiro atoms. The van der Waals surface area contributed by atoms with Gasteiger partial charge in [0.25, 0.3) is 5.91 Å². The van der Waals surface area contributed by atoms with Gasteiger partial charge >= 0.3 is 0 Å². The van der Waals surface area contributed by atoms with Gasteiger partial charge in [-0.15, -0.1) is 0 Å². The van der Waals surface area contributed by atoms with Crippen molar-refractivity contribution in [2.24, 2.45) is 0 Å². The number of nitrogens with zero attached hydrogens (tertiary/aromatic N) is 1. The molecular formula is C17H22N2O2. The number of hydrogen-bond donors (Lipinski definition) is 1. The fourth-order valence-corrected chi connectivity index (χ4v) is 1.86. The highest BCUT2D eigenvalue weighted by Crippen LogP contribution is 2.13. The van der Waals surface area contributed by atoms with Crippen LogP contribution in [0.2, 0.25) is 0 Å². The Kier molecular flexibility index (Phi) is 6.95. The van der Waals surface area contributed by atoms with Crippen LogP contribution in [0.1, 0.15) is 31.1 Å². The van der Waals surface area contributed by atoms with Gasteiger partial charge in [-0.2, -0.15) is 0 Å². The highest BCUT2D eigenvalue weighted by molar-refractivity contribution is 6.01. The van der Waals surface area contributed by atoms with Crippen molar-refractivity contribution in [3.63, 3.8) is 0 Å². The van der Waals surface area contributed by atoms with Gasteiger partial charge in [0, 0.05) is 30.4 Å². The van der Waals surface area contributed by atoms with Gasteiger partial charge in [0.05, 0.1) is 0 Å². The normalized spacial score (nSPS) is 11.0. The molecule has 112 valence electrons. The molecule has 1 aromatic rings. The van der Waals surface area contributed by atoms with E-state index in [0.717, 1.165) is 0 Å². The molecule has 0 bridgehead atoms. The van der Waals surface area contributed by atoms with E-state index in [1.54, 1.807) is 41.3 Å². The average Bonchev–Trinajstić information content (AvgIpc) is 2.49. The monoisotopic (exact) mass is 286 g/mol. The van der Waals surface area contributed by atoms with Crippen LogP contribution in [0.15, 0.2) is 48.6 Å². The van der Waals surface area contributed by atoms with Crippen LogP contribution in [0.3, 0.4) is 0 Å². The standard InChI is InChI=1S/C17H22N2O2/c1-4-7-8-12-16(20)18-15-11-9-10-14(13-15)17(21)19(5-2)6-3/h4,7-13H,5-6H2,1-3H3,(H,18,20). The summed E-state index contributed by atoms with van der Waals surface area (Å²) in [6, 6.07) is 6.98. The number of amides is 2. The Balaban J connectivity index is 2.81. The van der Waals surface area contributed by atoms with E-state index in [9.17, 15) is 9.59 Å². The number of hydrogen-bond acceptors (Lipinski definition) is 2. The third-order valence-corrected chi connectivity index (χ3v) is 2.98. The number of rotatable bonds is 6. The average molecular weight is 286 g/mol. The highest BCUT2D eigenvalue weighted by atomic mass is 16.2. The fraction of sp³-hybridized carbons (Fsp3) is 0.294. The van der Waals surface area contributed by atoms with Gasteiger partial charge in [0.15, 0.2) is 0 Å². The summed E-state index contributed by atoms with van der Waals surface area (Å²) in [7, 11) is 0. The summed E-state index contributed by atoms with van der Waals surface area (Å²) in [5.41, 5.74) is 1.19. The highest BCUT2D eigenvalue weighted by Gasteiger charge is 2.12. The Hall–Kier alpha value is -2.36. The van der Waals surface area contributed by atoms with Crippen molar-refractivity contribution in [3.05, 3.63) is 54.1 Å². The summed E-state index contributed by atoms with van der Waals surface area (Å²) in [4.78, 5) is 25.7. The molecule has 0 atom stereocenters. The molecule has 0 heterocycles. The Morgan fingerprint density at radius 2 is 1.90 bits per heavy atom. The Morgan fingerprint density at radius 1 is 1.19 bits per heavy atom. The number of anilines is 1. The molecule has 21 heavy (non-hydrogen) atoms. The van der Waals surface area contributed by atoms with Gasteiger partial charge in [-0.25, -0.2) is 0 Å². The van der Waals surface area contributed by atoms with E-state index in [4.69, 9.17) is 0 Å². The van der Waals surface area contributed by atoms with Crippen molar-refractivity contribution in [1.29, 1.82) is 0 Å². The second-order valence-corrected chi connectivity index (χ2v) is 4.43. The predicted octanol–water partition coefficient (Wildman–Crippen LogP) is 3.24. The summed E-state index contributed by atoms with van der Waals surface area (Å²) in [6.45, 7) is 7.10. The first kappa shape index (κ1) is 16.7. The van der Waals surface area contributed by atoms with E-state index in [-0.39, 0.29) is 11.8 Å². The van der Waals surface area contributed by atoms with E-state index >= 15 is 0 Å². The van der Waals surface area contributed by atoms with Gasteiger partial charge < -0.3 is 10.2 Å². The molecule has 0 aromatic heterocycles. The van der Waals surface area contributed by atoms with Crippen LogP contribution < -0.4 is 5.32 Å². The number of carbonyl (C=O) groups is 2. The van der Waals surface area contributed by atoms with E-state index in [1.165, 1.54) is 6.08 Å². The second-order valence-electron chi connectivity index (χ2n) is 4.43. The van der Waals surface area contributed by atoms with E-state index in [2.05, 4.69) is 5.32 Å². The lowest BCUT2D eigenvalue weighted by molar-refractivity contribution is -0.111. The van der Waals surface area contributed by atoms with Crippen molar-refractivity contribution >= 4 is 17.5 Å². The zero-order valence-corrected chi connectivity index (χ0v) is 12.8. The molecular weight excluding hydrogens is 264 g/mol. The first-order chi connectivity index (χ1) is 10.1. The van der Waals surface area contributed by atoms with Gasteiger partial charge in [-0.1, -0.05) is 24.3 Å². The summed E-state index contributed by atoms with van der Waals surface area (Å²) in [6.07, 6.45) is 6.73. The van der Waals surface area contributed by atoms with Crippen LogP contribution in [-0.2, 0) is 4.79 Å². The second kappa shape index (κ2) is 8.74. The topological polar surface area (TPSA) is 49.4 Å². The summed E-state index contributed by atoms with van der Waals surface area (Å²) >= 11 is 0. The van der Waals surface area contributed by atoms with Crippen molar-refractivity contribution in [1.82, 2.24) is 4.90 Å². The zero-order chi connectivity index (χ0) is 15.7. The predicted molar refractivity (Wildman–Crippen MR) is 86.3 cm³/mol. The molecule has 4 nitrogen and oxygen atoms in total. The SMILES string of the molecule is CC=CC=CC(=O)Nc1cccc(C(=O)N(CC)CC)c1. The fourth-order valence-electron chi connectivity index (χ4n) is 1.86. The lowest BCUT2D eigenvalue weighted by atomic mass is 10.1. The molecule has 0 fully saturated rings. The molecule has 0 radical (unpaired) electrons. The quantitative estimate of drug-likeness (QED) is 0.644.